The minimum Gasteiger partial charge on any atom is -0.495 e. The highest BCUT2D eigenvalue weighted by Gasteiger charge is 2.25. The number of hydrogen-bond acceptors (Lipinski definition) is 7. The van der Waals surface area contributed by atoms with Crippen molar-refractivity contribution < 1.29 is 27.5 Å². The average molecular weight is 513 g/mol. The monoisotopic (exact) mass is 512 g/mol. The molecule has 3 aromatic rings. The van der Waals surface area contributed by atoms with Crippen LogP contribution >= 0.6 is 0 Å². The Bertz CT molecular complexity index is 1360. The van der Waals surface area contributed by atoms with Crippen molar-refractivity contribution in [2.24, 2.45) is 7.05 Å². The lowest BCUT2D eigenvalue weighted by Crippen LogP contribution is -2.48. The van der Waals surface area contributed by atoms with Crippen LogP contribution in [0.15, 0.2) is 65.7 Å². The van der Waals surface area contributed by atoms with E-state index >= 15 is 0 Å². The number of hydrogen-bond donors (Lipinski definition) is 1. The normalized spacial score (nSPS) is 13.9. The molecule has 11 heteroatoms. The summed E-state index contributed by atoms with van der Waals surface area (Å²) >= 11 is 0. The molecule has 2 aromatic carbocycles. The van der Waals surface area contributed by atoms with Crippen LogP contribution in [0.25, 0.3) is 0 Å². The molecule has 1 aliphatic heterocycles. The Hall–Kier alpha value is -3.99. The van der Waals surface area contributed by atoms with Crippen molar-refractivity contribution in [3.05, 3.63) is 71.9 Å². The summed E-state index contributed by atoms with van der Waals surface area (Å²) in [6, 6.07) is 16.8. The second kappa shape index (κ2) is 10.3. The molecule has 36 heavy (non-hydrogen) atoms. The topological polar surface area (TPSA) is 110 Å². The summed E-state index contributed by atoms with van der Waals surface area (Å²) < 4.78 is 39.5. The maximum atomic E-state index is 13.0. The van der Waals surface area contributed by atoms with Crippen LogP contribution in [0.1, 0.15) is 20.8 Å². The molecule has 0 aliphatic carbocycles. The van der Waals surface area contributed by atoms with Gasteiger partial charge in [-0.3, -0.25) is 9.52 Å². The van der Waals surface area contributed by atoms with Gasteiger partial charge in [0, 0.05) is 44.5 Å². The van der Waals surface area contributed by atoms with Gasteiger partial charge < -0.3 is 23.8 Å². The van der Waals surface area contributed by atoms with E-state index in [-0.39, 0.29) is 16.6 Å². The van der Waals surface area contributed by atoms with E-state index in [4.69, 9.17) is 4.74 Å². The van der Waals surface area contributed by atoms with Crippen molar-refractivity contribution in [1.82, 2.24) is 9.47 Å². The molecule has 1 aliphatic rings. The molecular formula is C25H28N4O6S. The first-order valence-electron chi connectivity index (χ1n) is 11.3. The van der Waals surface area contributed by atoms with Crippen LogP contribution in [0.3, 0.4) is 0 Å². The number of carbonyl (C=O) groups excluding carboxylic acids is 2. The van der Waals surface area contributed by atoms with Crippen molar-refractivity contribution in [1.29, 1.82) is 0 Å². The number of para-hydroxylation sites is 2. The molecule has 0 radical (unpaired) electrons. The standard InChI is InChI=1S/C25H28N4O6S/c1-27-21(25(31)35-3)12-13-23(27)36(32,33)26-19-10-8-18(9-11-19)24(30)29-16-14-28(15-17-29)20-6-4-5-7-22(20)34-2/h4-13,26H,14-17H2,1-3H3. The Balaban J connectivity index is 1.40. The van der Waals surface area contributed by atoms with Gasteiger partial charge in [0.1, 0.15) is 11.4 Å². The smallest absolute Gasteiger partial charge is 0.354 e. The van der Waals surface area contributed by atoms with Gasteiger partial charge in [-0.15, -0.1) is 0 Å². The number of carbonyl (C=O) groups is 2. The maximum Gasteiger partial charge on any atom is 0.354 e. The molecule has 0 unspecified atom stereocenters. The van der Waals surface area contributed by atoms with Gasteiger partial charge in [0.15, 0.2) is 5.03 Å². The molecule has 0 spiro atoms. The molecule has 1 fully saturated rings. The van der Waals surface area contributed by atoms with Crippen LogP contribution in [0, 0.1) is 0 Å². The zero-order chi connectivity index (χ0) is 25.9. The molecule has 2 heterocycles. The van der Waals surface area contributed by atoms with Crippen LogP contribution in [-0.4, -0.2) is 70.2 Å². The minimum atomic E-state index is -3.96. The van der Waals surface area contributed by atoms with E-state index < -0.39 is 16.0 Å². The highest BCUT2D eigenvalue weighted by Crippen LogP contribution is 2.28. The average Bonchev–Trinajstić information content (AvgIpc) is 3.30. The highest BCUT2D eigenvalue weighted by molar-refractivity contribution is 7.92. The molecule has 0 bridgehead atoms. The quantitative estimate of drug-likeness (QED) is 0.485. The summed E-state index contributed by atoms with van der Waals surface area (Å²) in [5.41, 5.74) is 1.88. The molecular weight excluding hydrogens is 484 g/mol. The predicted molar refractivity (Wildman–Crippen MR) is 135 cm³/mol. The lowest BCUT2D eigenvalue weighted by molar-refractivity contribution is 0.0588. The molecule has 4 rings (SSSR count). The number of esters is 1. The zero-order valence-electron chi connectivity index (χ0n) is 20.3. The SMILES string of the molecule is COC(=O)c1ccc(S(=O)(=O)Nc2ccc(C(=O)N3CCN(c4ccccc4OC)CC3)cc2)n1C. The van der Waals surface area contributed by atoms with Gasteiger partial charge in [0.2, 0.25) is 0 Å². The van der Waals surface area contributed by atoms with Gasteiger partial charge in [-0.1, -0.05) is 12.1 Å². The number of rotatable bonds is 7. The van der Waals surface area contributed by atoms with Crippen LogP contribution in [0.4, 0.5) is 11.4 Å². The second-order valence-corrected chi connectivity index (χ2v) is 9.87. The van der Waals surface area contributed by atoms with Crippen LogP contribution in [0.5, 0.6) is 5.75 Å². The molecule has 190 valence electrons. The van der Waals surface area contributed by atoms with E-state index in [2.05, 4.69) is 14.4 Å². The molecule has 1 saturated heterocycles. The van der Waals surface area contributed by atoms with E-state index in [1.165, 1.54) is 30.9 Å². The fourth-order valence-electron chi connectivity index (χ4n) is 4.18. The molecule has 0 atom stereocenters. The number of anilines is 2. The van der Waals surface area contributed by atoms with Gasteiger partial charge in [0.25, 0.3) is 15.9 Å². The fourth-order valence-corrected chi connectivity index (χ4v) is 5.44. The van der Waals surface area contributed by atoms with Crippen molar-refractivity contribution in [3.63, 3.8) is 0 Å². The largest absolute Gasteiger partial charge is 0.495 e. The van der Waals surface area contributed by atoms with Gasteiger partial charge >= 0.3 is 5.97 Å². The predicted octanol–water partition coefficient (Wildman–Crippen LogP) is 2.58. The van der Waals surface area contributed by atoms with Crippen molar-refractivity contribution in [2.45, 2.75) is 5.03 Å². The molecule has 1 N–H and O–H groups in total. The van der Waals surface area contributed by atoms with Crippen molar-refractivity contribution >= 4 is 33.3 Å². The number of sulfonamides is 1. The molecule has 0 saturated carbocycles. The van der Waals surface area contributed by atoms with Gasteiger partial charge in [-0.25, -0.2) is 4.79 Å². The first-order valence-corrected chi connectivity index (χ1v) is 12.8. The third-order valence-corrected chi connectivity index (χ3v) is 7.59. The number of nitrogens with zero attached hydrogens (tertiary/aromatic N) is 3. The number of nitrogens with one attached hydrogen (secondary N) is 1. The molecule has 10 nitrogen and oxygen atoms in total. The van der Waals surface area contributed by atoms with E-state index in [1.807, 2.05) is 24.3 Å². The number of piperazine rings is 1. The third kappa shape index (κ3) is 5.01. The van der Waals surface area contributed by atoms with Crippen LogP contribution in [-0.2, 0) is 21.8 Å². The molecule has 1 aromatic heterocycles. The maximum absolute atomic E-state index is 13.0. The molecule has 1 amide bonds. The summed E-state index contributed by atoms with van der Waals surface area (Å²) in [6.07, 6.45) is 0. The van der Waals surface area contributed by atoms with E-state index in [9.17, 15) is 18.0 Å². The lowest BCUT2D eigenvalue weighted by atomic mass is 10.1. The summed E-state index contributed by atoms with van der Waals surface area (Å²) in [5.74, 6) is 0.0481. The van der Waals surface area contributed by atoms with E-state index in [1.54, 1.807) is 36.3 Å². The first kappa shape index (κ1) is 25.1. The Kier molecular flexibility index (Phi) is 7.20. The van der Waals surface area contributed by atoms with Crippen molar-refractivity contribution in [2.75, 3.05) is 50.0 Å². The van der Waals surface area contributed by atoms with E-state index in [0.717, 1.165) is 11.4 Å². The lowest BCUT2D eigenvalue weighted by Gasteiger charge is -2.36. The Morgan fingerprint density at radius 1 is 0.889 bits per heavy atom. The van der Waals surface area contributed by atoms with Gasteiger partial charge in [-0.05, 0) is 48.5 Å². The minimum absolute atomic E-state index is 0.0871. The van der Waals surface area contributed by atoms with E-state index in [0.29, 0.717) is 37.4 Å². The summed E-state index contributed by atoms with van der Waals surface area (Å²) in [6.45, 7) is 2.46. The van der Waals surface area contributed by atoms with Crippen LogP contribution in [0.2, 0.25) is 0 Å². The van der Waals surface area contributed by atoms with Gasteiger partial charge in [0.05, 0.1) is 19.9 Å². The summed E-state index contributed by atoms with van der Waals surface area (Å²) in [4.78, 5) is 28.8. The second-order valence-electron chi connectivity index (χ2n) is 8.24. The Morgan fingerprint density at radius 2 is 1.56 bits per heavy atom. The summed E-state index contributed by atoms with van der Waals surface area (Å²) in [7, 11) is 0.374. The summed E-state index contributed by atoms with van der Waals surface area (Å²) in [5, 5.41) is -0.0871. The van der Waals surface area contributed by atoms with Crippen molar-refractivity contribution in [3.8, 4) is 5.75 Å². The highest BCUT2D eigenvalue weighted by atomic mass is 32.2. The third-order valence-electron chi connectivity index (χ3n) is 6.12. The number of benzene rings is 2. The first-order chi connectivity index (χ1) is 17.2. The number of ether oxygens (including phenoxy) is 2. The number of methoxy groups -OCH3 is 2. The van der Waals surface area contributed by atoms with Gasteiger partial charge in [-0.2, -0.15) is 8.42 Å². The Morgan fingerprint density at radius 3 is 2.19 bits per heavy atom. The fraction of sp³-hybridized carbons (Fsp3) is 0.280. The zero-order valence-corrected chi connectivity index (χ0v) is 21.1. The Labute approximate surface area is 210 Å². The number of aromatic nitrogens is 1. The van der Waals surface area contributed by atoms with Crippen LogP contribution < -0.4 is 14.4 Å². The number of amides is 1.